The van der Waals surface area contributed by atoms with Crippen LogP contribution in [0.4, 0.5) is 0 Å². The zero-order chi connectivity index (χ0) is 14.0. The first kappa shape index (κ1) is 14.1. The van der Waals surface area contributed by atoms with Crippen molar-refractivity contribution in [2.75, 3.05) is 6.61 Å². The normalized spacial score (nSPS) is 12.4. The number of aliphatic hydroxyl groups is 1. The maximum Gasteiger partial charge on any atom is 0.265 e. The lowest BCUT2D eigenvalue weighted by molar-refractivity contribution is 0.246. The predicted octanol–water partition coefficient (Wildman–Crippen LogP) is 2.55. The van der Waals surface area contributed by atoms with Crippen LogP contribution in [0.15, 0.2) is 45.8 Å². The van der Waals surface area contributed by atoms with E-state index in [1.165, 1.54) is 29.0 Å². The summed E-state index contributed by atoms with van der Waals surface area (Å²) in [4.78, 5) is 12.1. The lowest BCUT2D eigenvalue weighted by atomic mass is 10.1. The summed E-state index contributed by atoms with van der Waals surface area (Å²) in [5.41, 5.74) is 0.325. The highest BCUT2D eigenvalue weighted by Gasteiger charge is 2.16. The van der Waals surface area contributed by atoms with Gasteiger partial charge in [0.2, 0.25) is 0 Å². The van der Waals surface area contributed by atoms with Gasteiger partial charge >= 0.3 is 0 Å². The molecule has 0 amide bonds. The Labute approximate surface area is 123 Å². The van der Waals surface area contributed by atoms with Gasteiger partial charge in [-0.1, -0.05) is 23.7 Å². The first-order valence-corrected chi connectivity index (χ1v) is 6.67. The van der Waals surface area contributed by atoms with Crippen molar-refractivity contribution in [1.29, 1.82) is 0 Å². The Hall–Kier alpha value is -1.30. The summed E-state index contributed by atoms with van der Waals surface area (Å²) in [6, 6.07) is 7.29. The molecule has 0 aliphatic carbocycles. The van der Waals surface area contributed by atoms with E-state index in [0.717, 1.165) is 0 Å². The fourth-order valence-corrected chi connectivity index (χ4v) is 2.65. The van der Waals surface area contributed by atoms with Crippen LogP contribution < -0.4 is 5.56 Å². The Morgan fingerprint density at radius 2 is 2.11 bits per heavy atom. The second kappa shape index (κ2) is 5.77. The molecule has 2 aromatic rings. The molecule has 1 heterocycles. The third-order valence-corrected chi connectivity index (χ3v) is 3.50. The summed E-state index contributed by atoms with van der Waals surface area (Å²) in [5.74, 6) is 0.0742. The van der Waals surface area contributed by atoms with Crippen LogP contribution in [0.25, 0.3) is 0 Å². The zero-order valence-electron chi connectivity index (χ0n) is 9.75. The molecule has 1 aromatic heterocycles. The molecule has 2 N–H and O–H groups in total. The monoisotopic (exact) mass is 343 g/mol. The molecule has 0 saturated carbocycles. The third kappa shape index (κ3) is 3.00. The lowest BCUT2D eigenvalue weighted by Gasteiger charge is -2.18. The Morgan fingerprint density at radius 3 is 2.74 bits per heavy atom. The molecule has 0 saturated heterocycles. The second-order valence-electron chi connectivity index (χ2n) is 4.01. The van der Waals surface area contributed by atoms with Crippen LogP contribution in [0, 0.1) is 0 Å². The molecule has 0 spiro atoms. The largest absolute Gasteiger partial charge is 0.508 e. The summed E-state index contributed by atoms with van der Waals surface area (Å²) in [6.45, 7) is -0.282. The number of benzene rings is 1. The Morgan fingerprint density at radius 1 is 1.37 bits per heavy atom. The molecule has 0 aliphatic heterocycles. The molecule has 1 unspecified atom stereocenters. The molecule has 19 heavy (non-hydrogen) atoms. The van der Waals surface area contributed by atoms with E-state index in [0.29, 0.717) is 15.1 Å². The van der Waals surface area contributed by atoms with E-state index >= 15 is 0 Å². The van der Waals surface area contributed by atoms with E-state index in [9.17, 15) is 15.0 Å². The highest BCUT2D eigenvalue weighted by molar-refractivity contribution is 9.10. The van der Waals surface area contributed by atoms with Crippen molar-refractivity contribution in [2.45, 2.75) is 6.04 Å². The van der Waals surface area contributed by atoms with Gasteiger partial charge in [-0.2, -0.15) is 0 Å². The molecular weight excluding hydrogens is 334 g/mol. The minimum absolute atomic E-state index is 0.0742. The highest BCUT2D eigenvalue weighted by atomic mass is 79.9. The van der Waals surface area contributed by atoms with Gasteiger partial charge in [-0.15, -0.1) is 0 Å². The van der Waals surface area contributed by atoms with Crippen molar-refractivity contribution in [3.8, 4) is 5.75 Å². The number of hydrogen-bond donors (Lipinski definition) is 2. The minimum atomic E-state index is -0.602. The van der Waals surface area contributed by atoms with E-state index in [1.807, 2.05) is 0 Å². The van der Waals surface area contributed by atoms with Crippen LogP contribution in [-0.2, 0) is 0 Å². The Balaban J connectivity index is 2.57. The number of aromatic hydroxyl groups is 1. The molecule has 0 radical (unpaired) electrons. The fourth-order valence-electron chi connectivity index (χ4n) is 1.85. The maximum absolute atomic E-state index is 12.1. The SMILES string of the molecule is O=c1c(Br)cc(Cl)cn1C(CO)c1cccc(O)c1. The molecule has 1 aromatic carbocycles. The first-order valence-electron chi connectivity index (χ1n) is 5.50. The van der Waals surface area contributed by atoms with Crippen LogP contribution in [-0.4, -0.2) is 21.4 Å². The standard InChI is InChI=1S/C13H11BrClNO3/c14-11-5-9(15)6-16(13(11)19)12(7-17)8-2-1-3-10(18)4-8/h1-6,12,17-18H,7H2. The van der Waals surface area contributed by atoms with Gasteiger partial charge in [0.05, 0.1) is 22.1 Å². The van der Waals surface area contributed by atoms with Crippen molar-refractivity contribution in [3.05, 3.63) is 61.9 Å². The average Bonchev–Trinajstić information content (AvgIpc) is 2.36. The Bertz CT molecular complexity index is 657. The number of phenols is 1. The van der Waals surface area contributed by atoms with Gasteiger partial charge < -0.3 is 14.8 Å². The number of halogens is 2. The summed E-state index contributed by atoms with van der Waals surface area (Å²) in [7, 11) is 0. The van der Waals surface area contributed by atoms with Crippen molar-refractivity contribution >= 4 is 27.5 Å². The number of hydrogen-bond acceptors (Lipinski definition) is 3. The van der Waals surface area contributed by atoms with Gasteiger partial charge in [0.25, 0.3) is 5.56 Å². The molecule has 4 nitrogen and oxygen atoms in total. The quantitative estimate of drug-likeness (QED) is 0.899. The molecule has 0 bridgehead atoms. The van der Waals surface area contributed by atoms with Gasteiger partial charge in [-0.05, 0) is 39.7 Å². The molecule has 0 fully saturated rings. The van der Waals surface area contributed by atoms with Gasteiger partial charge in [-0.3, -0.25) is 4.79 Å². The Kier molecular flexibility index (Phi) is 4.29. The van der Waals surface area contributed by atoms with Gasteiger partial charge in [0.1, 0.15) is 5.75 Å². The van der Waals surface area contributed by atoms with E-state index < -0.39 is 6.04 Å². The van der Waals surface area contributed by atoms with E-state index in [4.69, 9.17) is 11.6 Å². The van der Waals surface area contributed by atoms with Crippen LogP contribution in [0.2, 0.25) is 5.02 Å². The predicted molar refractivity (Wildman–Crippen MR) is 76.7 cm³/mol. The first-order chi connectivity index (χ1) is 9.02. The minimum Gasteiger partial charge on any atom is -0.508 e. The van der Waals surface area contributed by atoms with Crippen LogP contribution in [0.5, 0.6) is 5.75 Å². The van der Waals surface area contributed by atoms with Crippen LogP contribution >= 0.6 is 27.5 Å². The second-order valence-corrected chi connectivity index (χ2v) is 5.30. The maximum atomic E-state index is 12.1. The molecule has 2 rings (SSSR count). The number of aliphatic hydroxyl groups excluding tert-OH is 1. The number of phenolic OH excluding ortho intramolecular Hbond substituents is 1. The number of rotatable bonds is 3. The average molecular weight is 345 g/mol. The van der Waals surface area contributed by atoms with Gasteiger partial charge in [0, 0.05) is 6.20 Å². The van der Waals surface area contributed by atoms with Crippen LogP contribution in [0.1, 0.15) is 11.6 Å². The molecule has 6 heteroatoms. The van der Waals surface area contributed by atoms with Crippen molar-refractivity contribution in [2.24, 2.45) is 0 Å². The highest BCUT2D eigenvalue weighted by Crippen LogP contribution is 2.23. The van der Waals surface area contributed by atoms with Crippen molar-refractivity contribution in [1.82, 2.24) is 4.57 Å². The number of aromatic nitrogens is 1. The van der Waals surface area contributed by atoms with Gasteiger partial charge in [0.15, 0.2) is 0 Å². The van der Waals surface area contributed by atoms with Crippen molar-refractivity contribution in [3.63, 3.8) is 0 Å². The molecule has 1 atom stereocenters. The summed E-state index contributed by atoms with van der Waals surface area (Å²) >= 11 is 9.05. The molecule has 100 valence electrons. The third-order valence-electron chi connectivity index (χ3n) is 2.73. The van der Waals surface area contributed by atoms with E-state index in [1.54, 1.807) is 12.1 Å². The van der Waals surface area contributed by atoms with Crippen LogP contribution in [0.3, 0.4) is 0 Å². The lowest BCUT2D eigenvalue weighted by Crippen LogP contribution is -2.27. The fraction of sp³-hybridized carbons (Fsp3) is 0.154. The smallest absolute Gasteiger partial charge is 0.265 e. The number of pyridine rings is 1. The van der Waals surface area contributed by atoms with E-state index in [2.05, 4.69) is 15.9 Å². The zero-order valence-corrected chi connectivity index (χ0v) is 12.1. The topological polar surface area (TPSA) is 62.5 Å². The molecule has 0 aliphatic rings. The molecular formula is C13H11BrClNO3. The summed E-state index contributed by atoms with van der Waals surface area (Å²) < 4.78 is 1.65. The number of nitrogens with zero attached hydrogens (tertiary/aromatic N) is 1. The van der Waals surface area contributed by atoms with Gasteiger partial charge in [-0.25, -0.2) is 0 Å². The summed E-state index contributed by atoms with van der Waals surface area (Å²) in [5, 5.41) is 19.4. The van der Waals surface area contributed by atoms with Crippen molar-refractivity contribution < 1.29 is 10.2 Å². The summed E-state index contributed by atoms with van der Waals surface area (Å²) in [6.07, 6.45) is 1.46. The van der Waals surface area contributed by atoms with E-state index in [-0.39, 0.29) is 17.9 Å².